The molecular weight excluding hydrogens is 368 g/mol. The predicted molar refractivity (Wildman–Crippen MR) is 110 cm³/mol. The van der Waals surface area contributed by atoms with E-state index in [1.54, 1.807) is 35.4 Å². The molecule has 0 atom stereocenters. The van der Waals surface area contributed by atoms with Gasteiger partial charge in [0, 0.05) is 24.6 Å². The molecule has 0 aliphatic carbocycles. The Bertz CT molecular complexity index is 1010. The Hall–Kier alpha value is -3.52. The van der Waals surface area contributed by atoms with Crippen molar-refractivity contribution in [2.24, 2.45) is 0 Å². The monoisotopic (exact) mass is 390 g/mol. The predicted octanol–water partition coefficient (Wildman–Crippen LogP) is 2.22. The van der Waals surface area contributed by atoms with Gasteiger partial charge in [0.1, 0.15) is 12.1 Å². The number of hydrogen-bond donors (Lipinski definition) is 2. The fraction of sp³-hybridized carbons (Fsp3) is 0.238. The van der Waals surface area contributed by atoms with Crippen LogP contribution in [0.3, 0.4) is 0 Å². The Kier molecular flexibility index (Phi) is 5.35. The van der Waals surface area contributed by atoms with Crippen LogP contribution in [-0.2, 0) is 22.6 Å². The normalized spacial score (nSPS) is 14.0. The highest BCUT2D eigenvalue weighted by Crippen LogP contribution is 2.22. The van der Waals surface area contributed by atoms with Crippen molar-refractivity contribution in [2.75, 3.05) is 24.2 Å². The third kappa shape index (κ3) is 4.49. The average molecular weight is 390 g/mol. The van der Waals surface area contributed by atoms with Gasteiger partial charge in [-0.1, -0.05) is 6.07 Å². The molecule has 3 heterocycles. The average Bonchev–Trinajstić information content (AvgIpc) is 3.18. The number of aromatic nitrogens is 3. The maximum atomic E-state index is 12.3. The number of pyridine rings is 1. The first-order chi connectivity index (χ1) is 14.1. The zero-order valence-electron chi connectivity index (χ0n) is 16.1. The number of amides is 2. The van der Waals surface area contributed by atoms with E-state index in [1.807, 2.05) is 18.2 Å². The maximum Gasteiger partial charge on any atom is 0.314 e. The molecule has 29 heavy (non-hydrogen) atoms. The number of carbonyl (C=O) groups excluding carboxylic acids is 2. The molecular formula is C21H22N6O2. The fourth-order valence-electron chi connectivity index (χ4n) is 3.39. The van der Waals surface area contributed by atoms with E-state index in [0.717, 1.165) is 25.9 Å². The van der Waals surface area contributed by atoms with Crippen molar-refractivity contribution in [1.29, 1.82) is 0 Å². The summed E-state index contributed by atoms with van der Waals surface area (Å²) in [5, 5.41) is 5.25. The van der Waals surface area contributed by atoms with Gasteiger partial charge in [0.15, 0.2) is 0 Å². The summed E-state index contributed by atoms with van der Waals surface area (Å²) in [6, 6.07) is 9.24. The lowest BCUT2D eigenvalue weighted by Gasteiger charge is -2.14. The number of benzene rings is 1. The number of aryl methyl sites for hydroxylation is 1. The molecule has 2 amide bonds. The molecule has 0 spiro atoms. The molecule has 8 heteroatoms. The second-order valence-corrected chi connectivity index (χ2v) is 7.11. The van der Waals surface area contributed by atoms with E-state index >= 15 is 0 Å². The standard InChI is InChI=1S/C21H22N6O2/c1-26-9-2-3-15-4-5-17(11-16(15)13-26)24-20(28)21(29)25-18-6-7-19(23-12-18)27-10-8-22-14-27/h4-8,10-12,14H,2-3,9,13H2,1H3,(H,24,28)(H,25,29). The van der Waals surface area contributed by atoms with Gasteiger partial charge in [-0.05, 0) is 61.8 Å². The van der Waals surface area contributed by atoms with Crippen LogP contribution in [0.15, 0.2) is 55.2 Å². The highest BCUT2D eigenvalue weighted by atomic mass is 16.2. The molecule has 0 fully saturated rings. The molecule has 0 saturated carbocycles. The first-order valence-corrected chi connectivity index (χ1v) is 9.45. The number of carbonyl (C=O) groups is 2. The van der Waals surface area contributed by atoms with Crippen molar-refractivity contribution in [3.05, 3.63) is 66.4 Å². The molecule has 1 aliphatic heterocycles. The van der Waals surface area contributed by atoms with E-state index in [2.05, 4.69) is 32.5 Å². The number of rotatable bonds is 3. The van der Waals surface area contributed by atoms with Gasteiger partial charge in [-0.2, -0.15) is 0 Å². The van der Waals surface area contributed by atoms with Crippen LogP contribution >= 0.6 is 0 Å². The van der Waals surface area contributed by atoms with Crippen LogP contribution in [0.1, 0.15) is 17.5 Å². The van der Waals surface area contributed by atoms with Crippen LogP contribution in [0.25, 0.3) is 5.82 Å². The van der Waals surface area contributed by atoms with Crippen molar-refractivity contribution in [2.45, 2.75) is 19.4 Å². The molecule has 3 aromatic rings. The second kappa shape index (κ2) is 8.24. The van der Waals surface area contributed by atoms with Gasteiger partial charge in [-0.25, -0.2) is 9.97 Å². The van der Waals surface area contributed by atoms with Crippen molar-refractivity contribution in [1.82, 2.24) is 19.4 Å². The molecule has 2 aromatic heterocycles. The Labute approximate surface area is 168 Å². The summed E-state index contributed by atoms with van der Waals surface area (Å²) in [5.74, 6) is -0.792. The van der Waals surface area contributed by atoms with E-state index < -0.39 is 11.8 Å². The minimum atomic E-state index is -0.741. The molecule has 0 unspecified atom stereocenters. The zero-order chi connectivity index (χ0) is 20.2. The van der Waals surface area contributed by atoms with E-state index in [1.165, 1.54) is 17.3 Å². The molecule has 0 radical (unpaired) electrons. The quantitative estimate of drug-likeness (QED) is 0.669. The van der Waals surface area contributed by atoms with E-state index in [-0.39, 0.29) is 0 Å². The van der Waals surface area contributed by atoms with Crippen molar-refractivity contribution >= 4 is 23.2 Å². The second-order valence-electron chi connectivity index (χ2n) is 7.11. The lowest BCUT2D eigenvalue weighted by atomic mass is 10.0. The number of nitrogens with one attached hydrogen (secondary N) is 2. The Morgan fingerprint density at radius 3 is 2.55 bits per heavy atom. The lowest BCUT2D eigenvalue weighted by Crippen LogP contribution is -2.29. The van der Waals surface area contributed by atoms with E-state index in [4.69, 9.17) is 0 Å². The molecule has 4 rings (SSSR count). The Morgan fingerprint density at radius 1 is 1.03 bits per heavy atom. The first kappa shape index (κ1) is 18.8. The summed E-state index contributed by atoms with van der Waals surface area (Å²) in [6.45, 7) is 1.88. The van der Waals surface area contributed by atoms with Crippen LogP contribution in [0.4, 0.5) is 11.4 Å². The summed E-state index contributed by atoms with van der Waals surface area (Å²) in [7, 11) is 2.08. The van der Waals surface area contributed by atoms with Gasteiger partial charge in [0.05, 0.1) is 11.9 Å². The largest absolute Gasteiger partial charge is 0.318 e. The van der Waals surface area contributed by atoms with Gasteiger partial charge in [-0.3, -0.25) is 14.2 Å². The van der Waals surface area contributed by atoms with E-state index in [9.17, 15) is 9.59 Å². The third-order valence-electron chi connectivity index (χ3n) is 4.87. The molecule has 0 saturated heterocycles. The highest BCUT2D eigenvalue weighted by molar-refractivity contribution is 6.43. The molecule has 0 bridgehead atoms. The summed E-state index contributed by atoms with van der Waals surface area (Å²) < 4.78 is 1.74. The highest BCUT2D eigenvalue weighted by Gasteiger charge is 2.16. The summed E-state index contributed by atoms with van der Waals surface area (Å²) >= 11 is 0. The molecule has 148 valence electrons. The van der Waals surface area contributed by atoms with Crippen molar-refractivity contribution < 1.29 is 9.59 Å². The fourth-order valence-corrected chi connectivity index (χ4v) is 3.39. The third-order valence-corrected chi connectivity index (χ3v) is 4.87. The van der Waals surface area contributed by atoms with Crippen LogP contribution < -0.4 is 10.6 Å². The van der Waals surface area contributed by atoms with Crippen LogP contribution in [0.2, 0.25) is 0 Å². The van der Waals surface area contributed by atoms with Crippen LogP contribution in [0, 0.1) is 0 Å². The topological polar surface area (TPSA) is 92.2 Å². The molecule has 1 aliphatic rings. The van der Waals surface area contributed by atoms with Crippen LogP contribution in [0.5, 0.6) is 0 Å². The smallest absolute Gasteiger partial charge is 0.314 e. The minimum absolute atomic E-state index is 0.442. The van der Waals surface area contributed by atoms with Crippen molar-refractivity contribution in [3.63, 3.8) is 0 Å². The van der Waals surface area contributed by atoms with E-state index in [0.29, 0.717) is 17.2 Å². The van der Waals surface area contributed by atoms with Crippen molar-refractivity contribution in [3.8, 4) is 5.82 Å². The molecule has 2 N–H and O–H groups in total. The summed E-state index contributed by atoms with van der Waals surface area (Å²) in [5.41, 5.74) is 3.54. The SMILES string of the molecule is CN1CCCc2ccc(NC(=O)C(=O)Nc3ccc(-n4ccnc4)nc3)cc2C1. The van der Waals surface area contributed by atoms with Crippen LogP contribution in [-0.4, -0.2) is 44.8 Å². The first-order valence-electron chi connectivity index (χ1n) is 9.45. The van der Waals surface area contributed by atoms with Gasteiger partial charge < -0.3 is 15.5 Å². The van der Waals surface area contributed by atoms with Gasteiger partial charge in [-0.15, -0.1) is 0 Å². The molecule has 8 nitrogen and oxygen atoms in total. The Balaban J connectivity index is 1.39. The number of fused-ring (bicyclic) bond motifs is 1. The number of imidazole rings is 1. The number of nitrogens with zero attached hydrogens (tertiary/aromatic N) is 4. The lowest BCUT2D eigenvalue weighted by molar-refractivity contribution is -0.133. The van der Waals surface area contributed by atoms with Gasteiger partial charge in [0.2, 0.25) is 0 Å². The van der Waals surface area contributed by atoms with Gasteiger partial charge >= 0.3 is 11.8 Å². The van der Waals surface area contributed by atoms with Gasteiger partial charge in [0.25, 0.3) is 0 Å². The maximum absolute atomic E-state index is 12.3. The number of hydrogen-bond acceptors (Lipinski definition) is 5. The number of anilines is 2. The summed E-state index contributed by atoms with van der Waals surface area (Å²) in [4.78, 5) is 35.0. The minimum Gasteiger partial charge on any atom is -0.318 e. The summed E-state index contributed by atoms with van der Waals surface area (Å²) in [6.07, 6.45) is 8.70. The Morgan fingerprint density at radius 2 is 1.83 bits per heavy atom. The zero-order valence-corrected chi connectivity index (χ0v) is 16.1. The molecule has 1 aromatic carbocycles.